The van der Waals surface area contributed by atoms with Crippen LogP contribution in [0, 0.1) is 0 Å². The van der Waals surface area contributed by atoms with Gasteiger partial charge in [0.1, 0.15) is 10.7 Å². The van der Waals surface area contributed by atoms with E-state index in [1.165, 1.54) is 42.6 Å². The van der Waals surface area contributed by atoms with Crippen molar-refractivity contribution in [3.05, 3.63) is 42.6 Å². The lowest BCUT2D eigenvalue weighted by Gasteiger charge is -2.12. The molecule has 1 aromatic carbocycles. The molecular formula is C12H13N3O4S2. The highest BCUT2D eigenvalue weighted by atomic mass is 32.2. The molecule has 112 valence electrons. The van der Waals surface area contributed by atoms with Crippen LogP contribution in [0.4, 0.5) is 11.5 Å². The molecule has 0 saturated heterocycles. The van der Waals surface area contributed by atoms with Gasteiger partial charge in [0, 0.05) is 12.5 Å². The summed E-state index contributed by atoms with van der Waals surface area (Å²) in [5, 5.41) is 0. The number of rotatable bonds is 4. The Morgan fingerprint density at radius 1 is 1.00 bits per heavy atom. The van der Waals surface area contributed by atoms with Gasteiger partial charge in [-0.3, -0.25) is 4.72 Å². The molecule has 9 heteroatoms. The molecule has 0 fully saturated rings. The minimum absolute atomic E-state index is 0.0387. The third-order valence-electron chi connectivity index (χ3n) is 2.62. The highest BCUT2D eigenvalue weighted by Gasteiger charge is 2.21. The molecule has 0 unspecified atom stereocenters. The van der Waals surface area contributed by atoms with E-state index >= 15 is 0 Å². The first-order valence-corrected chi connectivity index (χ1v) is 9.12. The van der Waals surface area contributed by atoms with Gasteiger partial charge in [0.05, 0.1) is 10.6 Å². The number of para-hydroxylation sites is 1. The average molecular weight is 327 g/mol. The Bertz CT molecular complexity index is 877. The van der Waals surface area contributed by atoms with Crippen molar-refractivity contribution in [1.82, 2.24) is 4.98 Å². The third kappa shape index (κ3) is 3.31. The van der Waals surface area contributed by atoms with Gasteiger partial charge in [0.15, 0.2) is 9.84 Å². The summed E-state index contributed by atoms with van der Waals surface area (Å²) in [7, 11) is -7.60. The molecule has 0 saturated carbocycles. The summed E-state index contributed by atoms with van der Waals surface area (Å²) in [6, 6.07) is 8.42. The van der Waals surface area contributed by atoms with Crippen LogP contribution in [-0.2, 0) is 19.9 Å². The molecule has 1 aromatic heterocycles. The summed E-state index contributed by atoms with van der Waals surface area (Å²) in [6.07, 6.45) is 2.36. The van der Waals surface area contributed by atoms with E-state index in [4.69, 9.17) is 5.73 Å². The largest absolute Gasteiger partial charge is 0.383 e. The number of nitrogens with two attached hydrogens (primary N) is 1. The van der Waals surface area contributed by atoms with Crippen molar-refractivity contribution in [2.45, 2.75) is 9.79 Å². The van der Waals surface area contributed by atoms with Gasteiger partial charge < -0.3 is 5.73 Å². The number of nitrogens with one attached hydrogen (secondary N) is 1. The molecule has 0 aliphatic carbocycles. The Kier molecular flexibility index (Phi) is 3.88. The van der Waals surface area contributed by atoms with Crippen LogP contribution in [0.2, 0.25) is 0 Å². The van der Waals surface area contributed by atoms with Crippen molar-refractivity contribution in [3.63, 3.8) is 0 Å². The van der Waals surface area contributed by atoms with Crippen LogP contribution < -0.4 is 10.5 Å². The fourth-order valence-corrected chi connectivity index (χ4v) is 3.78. The summed E-state index contributed by atoms with van der Waals surface area (Å²) in [6.45, 7) is 0. The minimum Gasteiger partial charge on any atom is -0.383 e. The fourth-order valence-electron chi connectivity index (χ4n) is 1.70. The molecule has 2 rings (SSSR count). The van der Waals surface area contributed by atoms with Crippen molar-refractivity contribution in [2.24, 2.45) is 0 Å². The van der Waals surface area contributed by atoms with Gasteiger partial charge >= 0.3 is 0 Å². The van der Waals surface area contributed by atoms with Crippen LogP contribution in [0.3, 0.4) is 0 Å². The van der Waals surface area contributed by atoms with E-state index in [2.05, 4.69) is 9.71 Å². The molecular weight excluding hydrogens is 314 g/mol. The molecule has 21 heavy (non-hydrogen) atoms. The first kappa shape index (κ1) is 15.3. The smallest absolute Gasteiger partial charge is 0.265 e. The van der Waals surface area contributed by atoms with E-state index in [-0.39, 0.29) is 21.3 Å². The predicted molar refractivity (Wildman–Crippen MR) is 79.0 cm³/mol. The molecule has 0 amide bonds. The Balaban J connectivity index is 2.51. The van der Waals surface area contributed by atoms with Gasteiger partial charge in [-0.2, -0.15) is 0 Å². The lowest BCUT2D eigenvalue weighted by Crippen LogP contribution is -2.17. The van der Waals surface area contributed by atoms with Gasteiger partial charge in [-0.05, 0) is 24.3 Å². The van der Waals surface area contributed by atoms with Crippen molar-refractivity contribution in [1.29, 1.82) is 0 Å². The van der Waals surface area contributed by atoms with E-state index in [1.807, 2.05) is 0 Å². The van der Waals surface area contributed by atoms with Crippen LogP contribution >= 0.6 is 0 Å². The SMILES string of the molecule is CS(=O)(=O)c1ccccc1NS(=O)(=O)c1cccnc1N. The zero-order chi connectivity index (χ0) is 15.7. The molecule has 0 bridgehead atoms. The van der Waals surface area contributed by atoms with Crippen LogP contribution in [-0.4, -0.2) is 28.1 Å². The van der Waals surface area contributed by atoms with E-state index in [0.29, 0.717) is 0 Å². The van der Waals surface area contributed by atoms with E-state index in [0.717, 1.165) is 6.26 Å². The van der Waals surface area contributed by atoms with E-state index in [1.54, 1.807) is 0 Å². The quantitative estimate of drug-likeness (QED) is 0.860. The normalized spacial score (nSPS) is 12.0. The molecule has 0 aliphatic heterocycles. The lowest BCUT2D eigenvalue weighted by atomic mass is 10.3. The molecule has 7 nitrogen and oxygen atoms in total. The van der Waals surface area contributed by atoms with Crippen LogP contribution in [0.25, 0.3) is 0 Å². The topological polar surface area (TPSA) is 119 Å². The second-order valence-electron chi connectivity index (χ2n) is 4.26. The predicted octanol–water partition coefficient (Wildman–Crippen LogP) is 0.868. The second kappa shape index (κ2) is 5.34. The lowest BCUT2D eigenvalue weighted by molar-refractivity contribution is 0.601. The molecule has 0 aliphatic rings. The van der Waals surface area contributed by atoms with Crippen LogP contribution in [0.1, 0.15) is 0 Å². The monoisotopic (exact) mass is 327 g/mol. The highest BCUT2D eigenvalue weighted by molar-refractivity contribution is 7.93. The Morgan fingerprint density at radius 3 is 2.24 bits per heavy atom. The summed E-state index contributed by atoms with van der Waals surface area (Å²) in [5.41, 5.74) is 5.50. The van der Waals surface area contributed by atoms with Crippen molar-refractivity contribution >= 4 is 31.4 Å². The van der Waals surface area contributed by atoms with Gasteiger partial charge in [-0.1, -0.05) is 12.1 Å². The molecule has 0 radical (unpaired) electrons. The number of nitrogens with zero attached hydrogens (tertiary/aromatic N) is 1. The Morgan fingerprint density at radius 2 is 1.62 bits per heavy atom. The van der Waals surface area contributed by atoms with E-state index < -0.39 is 19.9 Å². The van der Waals surface area contributed by atoms with Crippen molar-refractivity contribution in [3.8, 4) is 0 Å². The standard InChI is InChI=1S/C12H13N3O4S2/c1-20(16,17)10-6-3-2-5-9(10)15-21(18,19)11-7-4-8-14-12(11)13/h2-8,15H,1H3,(H2,13,14). The number of anilines is 2. The molecule has 3 N–H and O–H groups in total. The summed E-state index contributed by atoms with van der Waals surface area (Å²) in [5.74, 6) is -0.165. The summed E-state index contributed by atoms with van der Waals surface area (Å²) >= 11 is 0. The Labute approximate surface area is 122 Å². The average Bonchev–Trinajstić information content (AvgIpc) is 2.38. The van der Waals surface area contributed by atoms with Gasteiger partial charge in [0.25, 0.3) is 10.0 Å². The zero-order valence-corrected chi connectivity index (χ0v) is 12.6. The summed E-state index contributed by atoms with van der Waals surface area (Å²) in [4.78, 5) is 3.37. The van der Waals surface area contributed by atoms with E-state index in [9.17, 15) is 16.8 Å². The number of sulfone groups is 1. The second-order valence-corrected chi connectivity index (χ2v) is 7.90. The molecule has 1 heterocycles. The Hall–Kier alpha value is -2.13. The molecule has 2 aromatic rings. The van der Waals surface area contributed by atoms with Crippen molar-refractivity contribution < 1.29 is 16.8 Å². The third-order valence-corrected chi connectivity index (χ3v) is 5.19. The number of benzene rings is 1. The number of sulfonamides is 1. The van der Waals surface area contributed by atoms with Gasteiger partial charge in [-0.15, -0.1) is 0 Å². The number of nitrogen functional groups attached to an aromatic ring is 1. The maximum Gasteiger partial charge on any atom is 0.265 e. The van der Waals surface area contributed by atoms with Crippen LogP contribution in [0.15, 0.2) is 52.4 Å². The first-order valence-electron chi connectivity index (χ1n) is 5.74. The minimum atomic E-state index is -4.03. The van der Waals surface area contributed by atoms with Gasteiger partial charge in [-0.25, -0.2) is 21.8 Å². The van der Waals surface area contributed by atoms with Crippen molar-refractivity contribution in [2.75, 3.05) is 16.7 Å². The molecule has 0 atom stereocenters. The zero-order valence-electron chi connectivity index (χ0n) is 11.0. The number of pyridine rings is 1. The molecule has 0 spiro atoms. The maximum absolute atomic E-state index is 12.3. The number of hydrogen-bond donors (Lipinski definition) is 2. The van der Waals surface area contributed by atoms with Gasteiger partial charge in [0.2, 0.25) is 0 Å². The van der Waals surface area contributed by atoms with Crippen LogP contribution in [0.5, 0.6) is 0 Å². The maximum atomic E-state index is 12.3. The highest BCUT2D eigenvalue weighted by Crippen LogP contribution is 2.25. The summed E-state index contributed by atoms with van der Waals surface area (Å²) < 4.78 is 50.1. The number of hydrogen-bond acceptors (Lipinski definition) is 6. The number of aromatic nitrogens is 1. The fraction of sp³-hybridized carbons (Fsp3) is 0.0833. The first-order chi connectivity index (χ1) is 9.72.